The van der Waals surface area contributed by atoms with Gasteiger partial charge in [0.2, 0.25) is 5.91 Å². The summed E-state index contributed by atoms with van der Waals surface area (Å²) in [5.74, 6) is -0.515. The van der Waals surface area contributed by atoms with E-state index >= 15 is 0 Å². The van der Waals surface area contributed by atoms with Crippen LogP contribution in [0.15, 0.2) is 40.2 Å². The molecule has 2 N–H and O–H groups in total. The second-order valence-electron chi connectivity index (χ2n) is 10.6. The highest BCUT2D eigenvalue weighted by molar-refractivity contribution is 7.21. The molecule has 1 aliphatic heterocycles. The molecule has 4 aromatic rings. The highest BCUT2D eigenvalue weighted by atomic mass is 32.1. The van der Waals surface area contributed by atoms with Crippen molar-refractivity contribution in [2.24, 2.45) is 0 Å². The Morgan fingerprint density at radius 1 is 1.14 bits per heavy atom. The lowest BCUT2D eigenvalue weighted by Gasteiger charge is -2.31. The number of rotatable bonds is 8. The van der Waals surface area contributed by atoms with Crippen molar-refractivity contribution in [2.75, 3.05) is 13.7 Å². The minimum absolute atomic E-state index is 0.0885. The van der Waals surface area contributed by atoms with E-state index in [0.29, 0.717) is 58.9 Å². The number of hydrogen-bond donors (Lipinski definition) is 2. The van der Waals surface area contributed by atoms with Crippen LogP contribution in [-0.2, 0) is 16.1 Å². The van der Waals surface area contributed by atoms with Crippen molar-refractivity contribution >= 4 is 27.5 Å². The average Bonchev–Trinajstić information content (AvgIpc) is 3.73. The van der Waals surface area contributed by atoms with E-state index in [0.717, 1.165) is 4.57 Å². The Bertz CT molecular complexity index is 1740. The van der Waals surface area contributed by atoms with E-state index in [-0.39, 0.29) is 24.5 Å². The first-order valence-electron chi connectivity index (χ1n) is 13.9. The molecule has 0 bridgehead atoms. The van der Waals surface area contributed by atoms with Gasteiger partial charge in [-0.05, 0) is 57.2 Å². The Labute approximate surface area is 243 Å². The quantitative estimate of drug-likeness (QED) is 0.315. The standard InChI is InChI=1S/C28H31FN6O6S/c1-15-23-25(38)34(20-9-10-30-24(20)37)28(39)33(27(23)42-26(15)35-31-11-12-32-35)14-22(41-18-6-4-17(36)5-7-18)19-13-16(29)3-8-21(19)40-2/h3,8,11-13,17-18,20,22,36H,4-7,9-10,14H2,1-2H3,(H,30,37)/t17-,18+,20-,22-/m0/s1. The number of amides is 1. The maximum absolute atomic E-state index is 14.6. The van der Waals surface area contributed by atoms with Crippen LogP contribution in [0.5, 0.6) is 5.75 Å². The number of nitrogens with zero attached hydrogens (tertiary/aromatic N) is 5. The fraction of sp³-hybridized carbons (Fsp3) is 0.464. The van der Waals surface area contributed by atoms with Crippen LogP contribution in [0, 0.1) is 12.7 Å². The molecule has 12 nitrogen and oxygen atoms in total. The van der Waals surface area contributed by atoms with Gasteiger partial charge in [0.05, 0.1) is 43.6 Å². The number of fused-ring (bicyclic) bond motifs is 1. The monoisotopic (exact) mass is 598 g/mol. The van der Waals surface area contributed by atoms with Crippen LogP contribution in [0.25, 0.3) is 15.2 Å². The van der Waals surface area contributed by atoms with Crippen molar-refractivity contribution in [2.45, 2.75) is 69.9 Å². The molecule has 42 heavy (non-hydrogen) atoms. The summed E-state index contributed by atoms with van der Waals surface area (Å²) < 4.78 is 29.2. The summed E-state index contributed by atoms with van der Waals surface area (Å²) in [4.78, 5) is 42.5. The molecule has 1 aliphatic carbocycles. The Morgan fingerprint density at radius 3 is 2.55 bits per heavy atom. The Hall–Kier alpha value is -3.88. The number of halogens is 1. The molecule has 14 heteroatoms. The normalized spacial score (nSPS) is 21.5. The fourth-order valence-electron chi connectivity index (χ4n) is 5.88. The number of aryl methyl sites for hydroxylation is 1. The molecule has 222 valence electrons. The van der Waals surface area contributed by atoms with E-state index in [1.54, 1.807) is 6.92 Å². The van der Waals surface area contributed by atoms with Crippen molar-refractivity contribution in [1.29, 1.82) is 0 Å². The van der Waals surface area contributed by atoms with Gasteiger partial charge in [0.1, 0.15) is 33.5 Å². The number of hydrogen-bond acceptors (Lipinski definition) is 9. The Morgan fingerprint density at radius 2 is 1.88 bits per heavy atom. The van der Waals surface area contributed by atoms with Crippen LogP contribution in [0.2, 0.25) is 0 Å². The second kappa shape index (κ2) is 11.4. The van der Waals surface area contributed by atoms with Gasteiger partial charge in [-0.2, -0.15) is 10.2 Å². The number of carbonyl (C=O) groups excluding carboxylic acids is 1. The molecular weight excluding hydrogens is 567 g/mol. The van der Waals surface area contributed by atoms with Gasteiger partial charge in [-0.15, -0.1) is 4.80 Å². The van der Waals surface area contributed by atoms with Crippen molar-refractivity contribution < 1.29 is 23.8 Å². The predicted molar refractivity (Wildman–Crippen MR) is 152 cm³/mol. The van der Waals surface area contributed by atoms with Crippen molar-refractivity contribution in [3.8, 4) is 10.8 Å². The first-order valence-corrected chi connectivity index (χ1v) is 14.7. The van der Waals surface area contributed by atoms with Crippen LogP contribution in [0.3, 0.4) is 0 Å². The molecule has 1 saturated carbocycles. The average molecular weight is 599 g/mol. The van der Waals surface area contributed by atoms with Crippen LogP contribution in [0.1, 0.15) is 55.4 Å². The third-order valence-electron chi connectivity index (χ3n) is 8.04. The molecule has 3 aromatic heterocycles. The lowest BCUT2D eigenvalue weighted by Crippen LogP contribution is -2.44. The largest absolute Gasteiger partial charge is 0.496 e. The summed E-state index contributed by atoms with van der Waals surface area (Å²) in [5.41, 5.74) is -0.261. The number of benzene rings is 1. The van der Waals surface area contributed by atoms with E-state index < -0.39 is 41.2 Å². The lowest BCUT2D eigenvalue weighted by molar-refractivity contribution is -0.122. The summed E-state index contributed by atoms with van der Waals surface area (Å²) in [6.07, 6.45) is 4.12. The lowest BCUT2D eigenvalue weighted by atomic mass is 9.94. The number of thiophene rings is 1. The SMILES string of the molecule is COc1ccc(F)cc1[C@H](Cn1c(=O)n([C@H]2CCNC2=O)c(=O)c2c(C)c(-n3nccn3)sc21)O[C@H]1CC[C@@H](O)CC1. The molecule has 2 atom stereocenters. The molecule has 0 unspecified atom stereocenters. The molecule has 2 fully saturated rings. The summed E-state index contributed by atoms with van der Waals surface area (Å²) in [6, 6.07) is 3.15. The molecule has 6 rings (SSSR count). The Balaban J connectivity index is 1.55. The number of nitrogens with one attached hydrogen (secondary N) is 1. The van der Waals surface area contributed by atoms with Gasteiger partial charge in [0.25, 0.3) is 5.56 Å². The predicted octanol–water partition coefficient (Wildman–Crippen LogP) is 2.38. The smallest absolute Gasteiger partial charge is 0.332 e. The summed E-state index contributed by atoms with van der Waals surface area (Å²) >= 11 is 1.18. The molecule has 1 saturated heterocycles. The highest BCUT2D eigenvalue weighted by Crippen LogP contribution is 2.36. The number of aromatic nitrogens is 5. The molecule has 0 radical (unpaired) electrons. The zero-order valence-electron chi connectivity index (χ0n) is 23.2. The van der Waals surface area contributed by atoms with Gasteiger partial charge in [-0.3, -0.25) is 14.2 Å². The molecule has 4 heterocycles. The molecule has 0 spiro atoms. The molecule has 1 amide bonds. The number of methoxy groups -OCH3 is 1. The topological polar surface area (TPSA) is 142 Å². The van der Waals surface area contributed by atoms with E-state index in [9.17, 15) is 23.9 Å². The first-order chi connectivity index (χ1) is 20.3. The van der Waals surface area contributed by atoms with E-state index in [2.05, 4.69) is 15.5 Å². The first kappa shape index (κ1) is 28.2. The third-order valence-corrected chi connectivity index (χ3v) is 9.32. The molecular formula is C28H31FN6O6S. The number of aliphatic hydroxyl groups is 1. The van der Waals surface area contributed by atoms with Crippen molar-refractivity contribution in [1.82, 2.24) is 29.4 Å². The van der Waals surface area contributed by atoms with Crippen LogP contribution >= 0.6 is 11.3 Å². The Kier molecular flexibility index (Phi) is 7.68. The minimum atomic E-state index is -0.964. The van der Waals surface area contributed by atoms with Gasteiger partial charge in [-0.25, -0.2) is 13.8 Å². The zero-order chi connectivity index (χ0) is 29.5. The number of aliphatic hydroxyl groups excluding tert-OH is 1. The van der Waals surface area contributed by atoms with Gasteiger partial charge in [0, 0.05) is 17.7 Å². The maximum Gasteiger partial charge on any atom is 0.332 e. The summed E-state index contributed by atoms with van der Waals surface area (Å²) in [5, 5.41) is 22.0. The van der Waals surface area contributed by atoms with E-state index in [1.807, 2.05) is 0 Å². The highest BCUT2D eigenvalue weighted by Gasteiger charge is 2.33. The van der Waals surface area contributed by atoms with Crippen LogP contribution < -0.4 is 21.3 Å². The summed E-state index contributed by atoms with van der Waals surface area (Å²) in [6.45, 7) is 2.01. The van der Waals surface area contributed by atoms with Gasteiger partial charge >= 0.3 is 5.69 Å². The minimum Gasteiger partial charge on any atom is -0.496 e. The van der Waals surface area contributed by atoms with Crippen LogP contribution in [-0.4, -0.2) is 61.0 Å². The maximum atomic E-state index is 14.6. The van der Waals surface area contributed by atoms with Gasteiger partial charge < -0.3 is 19.9 Å². The van der Waals surface area contributed by atoms with Gasteiger partial charge in [-0.1, -0.05) is 11.3 Å². The number of ether oxygens (including phenoxy) is 2. The van der Waals surface area contributed by atoms with E-state index in [4.69, 9.17) is 9.47 Å². The van der Waals surface area contributed by atoms with Gasteiger partial charge in [0.15, 0.2) is 0 Å². The van der Waals surface area contributed by atoms with Crippen molar-refractivity contribution in [3.63, 3.8) is 0 Å². The fourth-order valence-corrected chi connectivity index (χ4v) is 7.10. The van der Waals surface area contributed by atoms with E-state index in [1.165, 1.54) is 58.4 Å². The van der Waals surface area contributed by atoms with Crippen molar-refractivity contribution in [3.05, 3.63) is 68.4 Å². The zero-order valence-corrected chi connectivity index (χ0v) is 24.0. The molecule has 2 aliphatic rings. The number of carbonyl (C=O) groups is 1. The second-order valence-corrected chi connectivity index (χ2v) is 11.6. The molecule has 1 aromatic carbocycles. The van der Waals surface area contributed by atoms with Crippen LogP contribution in [0.4, 0.5) is 4.39 Å². The third kappa shape index (κ3) is 5.03. The summed E-state index contributed by atoms with van der Waals surface area (Å²) in [7, 11) is 1.47.